The van der Waals surface area contributed by atoms with Crippen molar-refractivity contribution in [3.63, 3.8) is 0 Å². The normalized spacial score (nSPS) is 12.7. The standard InChI is InChI=1S/C13H14BrNS/c1-9-4-2-3-5-10(9)8-12(15)13-11(14)6-7-16-13/h2-7,12H,8,15H2,1H3. The van der Waals surface area contributed by atoms with Crippen molar-refractivity contribution in [2.75, 3.05) is 0 Å². The summed E-state index contributed by atoms with van der Waals surface area (Å²) in [6.45, 7) is 2.13. The van der Waals surface area contributed by atoms with Crippen LogP contribution < -0.4 is 5.73 Å². The van der Waals surface area contributed by atoms with Crippen molar-refractivity contribution in [2.24, 2.45) is 5.73 Å². The Hall–Kier alpha value is -0.640. The van der Waals surface area contributed by atoms with E-state index in [1.807, 2.05) is 0 Å². The Morgan fingerprint density at radius 1 is 1.31 bits per heavy atom. The fourth-order valence-electron chi connectivity index (χ4n) is 1.74. The topological polar surface area (TPSA) is 26.0 Å². The zero-order valence-corrected chi connectivity index (χ0v) is 11.5. The van der Waals surface area contributed by atoms with Gasteiger partial charge < -0.3 is 5.73 Å². The van der Waals surface area contributed by atoms with E-state index in [4.69, 9.17) is 5.73 Å². The molecule has 0 bridgehead atoms. The van der Waals surface area contributed by atoms with Gasteiger partial charge in [-0.15, -0.1) is 11.3 Å². The van der Waals surface area contributed by atoms with Gasteiger partial charge in [0.25, 0.3) is 0 Å². The van der Waals surface area contributed by atoms with Gasteiger partial charge in [0.15, 0.2) is 0 Å². The largest absolute Gasteiger partial charge is 0.323 e. The van der Waals surface area contributed by atoms with Crippen LogP contribution in [-0.4, -0.2) is 0 Å². The lowest BCUT2D eigenvalue weighted by Crippen LogP contribution is -2.12. The molecule has 1 heterocycles. The second-order valence-electron chi connectivity index (χ2n) is 3.87. The summed E-state index contributed by atoms with van der Waals surface area (Å²) in [5, 5.41) is 2.07. The van der Waals surface area contributed by atoms with E-state index in [0.29, 0.717) is 0 Å². The van der Waals surface area contributed by atoms with Gasteiger partial charge in [-0.25, -0.2) is 0 Å². The van der Waals surface area contributed by atoms with E-state index in [-0.39, 0.29) is 6.04 Å². The summed E-state index contributed by atoms with van der Waals surface area (Å²) in [7, 11) is 0. The summed E-state index contributed by atoms with van der Waals surface area (Å²) in [6, 6.07) is 10.5. The Kier molecular flexibility index (Phi) is 3.79. The van der Waals surface area contributed by atoms with Gasteiger partial charge in [-0.3, -0.25) is 0 Å². The molecule has 0 aliphatic carbocycles. The Bertz CT molecular complexity index is 478. The molecule has 16 heavy (non-hydrogen) atoms. The molecule has 84 valence electrons. The molecular formula is C13H14BrNS. The number of nitrogens with two attached hydrogens (primary N) is 1. The molecule has 0 radical (unpaired) electrons. The predicted molar refractivity (Wildman–Crippen MR) is 73.8 cm³/mol. The van der Waals surface area contributed by atoms with Crippen LogP contribution in [0.5, 0.6) is 0 Å². The number of hydrogen-bond acceptors (Lipinski definition) is 2. The van der Waals surface area contributed by atoms with Crippen molar-refractivity contribution in [1.82, 2.24) is 0 Å². The van der Waals surface area contributed by atoms with E-state index >= 15 is 0 Å². The zero-order chi connectivity index (χ0) is 11.5. The lowest BCUT2D eigenvalue weighted by molar-refractivity contribution is 0.730. The summed E-state index contributed by atoms with van der Waals surface area (Å²) in [5.74, 6) is 0. The first kappa shape index (κ1) is 11.8. The third-order valence-corrected chi connectivity index (χ3v) is 4.69. The number of benzene rings is 1. The van der Waals surface area contributed by atoms with Crippen molar-refractivity contribution in [2.45, 2.75) is 19.4 Å². The maximum atomic E-state index is 6.22. The van der Waals surface area contributed by atoms with Crippen LogP contribution in [-0.2, 0) is 6.42 Å². The van der Waals surface area contributed by atoms with Gasteiger partial charge in [0.2, 0.25) is 0 Å². The molecule has 1 nitrogen and oxygen atoms in total. The van der Waals surface area contributed by atoms with Crippen LogP contribution in [0.15, 0.2) is 40.2 Å². The second-order valence-corrected chi connectivity index (χ2v) is 5.67. The van der Waals surface area contributed by atoms with Crippen LogP contribution in [0, 0.1) is 6.92 Å². The Labute approximate surface area is 108 Å². The first-order chi connectivity index (χ1) is 7.68. The molecule has 0 aliphatic rings. The number of thiophene rings is 1. The Balaban J connectivity index is 2.17. The highest BCUT2D eigenvalue weighted by molar-refractivity contribution is 9.10. The van der Waals surface area contributed by atoms with Crippen LogP contribution in [0.1, 0.15) is 22.0 Å². The zero-order valence-electron chi connectivity index (χ0n) is 9.11. The van der Waals surface area contributed by atoms with E-state index in [1.165, 1.54) is 16.0 Å². The van der Waals surface area contributed by atoms with Crippen LogP contribution in [0.25, 0.3) is 0 Å². The first-order valence-corrected chi connectivity index (χ1v) is 6.88. The third-order valence-electron chi connectivity index (χ3n) is 2.68. The van der Waals surface area contributed by atoms with Crippen molar-refractivity contribution in [3.05, 3.63) is 56.2 Å². The molecule has 2 N–H and O–H groups in total. The predicted octanol–water partition coefficient (Wildman–Crippen LogP) is 4.06. The molecule has 2 rings (SSSR count). The highest BCUT2D eigenvalue weighted by Crippen LogP contribution is 2.30. The second kappa shape index (κ2) is 5.13. The number of hydrogen-bond donors (Lipinski definition) is 1. The average Bonchev–Trinajstić information content (AvgIpc) is 2.68. The summed E-state index contributed by atoms with van der Waals surface area (Å²) in [4.78, 5) is 1.23. The van der Waals surface area contributed by atoms with Crippen molar-refractivity contribution < 1.29 is 0 Å². The molecule has 1 aromatic carbocycles. The molecule has 0 fully saturated rings. The molecule has 0 saturated carbocycles. The third kappa shape index (κ3) is 2.54. The van der Waals surface area contributed by atoms with Gasteiger partial charge in [0.05, 0.1) is 0 Å². The first-order valence-electron chi connectivity index (χ1n) is 5.21. The van der Waals surface area contributed by atoms with E-state index in [2.05, 4.69) is 58.6 Å². The molecule has 1 atom stereocenters. The smallest absolute Gasteiger partial charge is 0.0442 e. The molecule has 0 saturated heterocycles. The van der Waals surface area contributed by atoms with E-state index in [0.717, 1.165) is 10.9 Å². The number of rotatable bonds is 3. The molecular weight excluding hydrogens is 282 g/mol. The number of halogens is 1. The van der Waals surface area contributed by atoms with Gasteiger partial charge >= 0.3 is 0 Å². The van der Waals surface area contributed by atoms with E-state index < -0.39 is 0 Å². The summed E-state index contributed by atoms with van der Waals surface area (Å²) < 4.78 is 1.12. The van der Waals surface area contributed by atoms with Gasteiger partial charge in [0, 0.05) is 15.4 Å². The number of aryl methyl sites for hydroxylation is 1. The monoisotopic (exact) mass is 295 g/mol. The quantitative estimate of drug-likeness (QED) is 0.908. The average molecular weight is 296 g/mol. The lowest BCUT2D eigenvalue weighted by Gasteiger charge is -2.12. The van der Waals surface area contributed by atoms with Crippen molar-refractivity contribution in [1.29, 1.82) is 0 Å². The highest BCUT2D eigenvalue weighted by Gasteiger charge is 2.12. The Morgan fingerprint density at radius 3 is 2.69 bits per heavy atom. The molecule has 1 unspecified atom stereocenters. The fourth-order valence-corrected chi connectivity index (χ4v) is 3.41. The molecule has 1 aromatic heterocycles. The van der Waals surface area contributed by atoms with Gasteiger partial charge in [0.1, 0.15) is 0 Å². The van der Waals surface area contributed by atoms with E-state index in [9.17, 15) is 0 Å². The maximum absolute atomic E-state index is 6.22. The fraction of sp³-hybridized carbons (Fsp3) is 0.231. The van der Waals surface area contributed by atoms with Gasteiger partial charge in [-0.05, 0) is 51.8 Å². The summed E-state index contributed by atoms with van der Waals surface area (Å²) >= 11 is 5.24. The van der Waals surface area contributed by atoms with Gasteiger partial charge in [-0.2, -0.15) is 0 Å². The van der Waals surface area contributed by atoms with Crippen LogP contribution in [0.2, 0.25) is 0 Å². The minimum Gasteiger partial charge on any atom is -0.323 e. The van der Waals surface area contributed by atoms with Crippen molar-refractivity contribution in [3.8, 4) is 0 Å². The van der Waals surface area contributed by atoms with Gasteiger partial charge in [-0.1, -0.05) is 24.3 Å². The molecule has 0 spiro atoms. The van der Waals surface area contributed by atoms with Crippen LogP contribution in [0.4, 0.5) is 0 Å². The van der Waals surface area contributed by atoms with Crippen LogP contribution >= 0.6 is 27.3 Å². The van der Waals surface area contributed by atoms with Crippen LogP contribution in [0.3, 0.4) is 0 Å². The molecule has 3 heteroatoms. The highest BCUT2D eigenvalue weighted by atomic mass is 79.9. The summed E-state index contributed by atoms with van der Waals surface area (Å²) in [6.07, 6.45) is 0.895. The molecule has 0 aliphatic heterocycles. The molecule has 0 amide bonds. The Morgan fingerprint density at radius 2 is 2.06 bits per heavy atom. The van der Waals surface area contributed by atoms with Crippen molar-refractivity contribution >= 4 is 27.3 Å². The maximum Gasteiger partial charge on any atom is 0.0442 e. The minimum atomic E-state index is 0.0791. The SMILES string of the molecule is Cc1ccccc1CC(N)c1sccc1Br. The van der Waals surface area contributed by atoms with E-state index in [1.54, 1.807) is 11.3 Å². The summed E-state index contributed by atoms with van der Waals surface area (Å²) in [5.41, 5.74) is 8.86. The minimum absolute atomic E-state index is 0.0791. The molecule has 2 aromatic rings. The lowest BCUT2D eigenvalue weighted by atomic mass is 10.0.